The molecule has 2 N–H and O–H groups in total. The first-order valence-electron chi connectivity index (χ1n) is 9.66. The van der Waals surface area contributed by atoms with Gasteiger partial charge in [0.05, 0.1) is 25.5 Å². The summed E-state index contributed by atoms with van der Waals surface area (Å²) in [4.78, 5) is 24.1. The molecular weight excluding hydrogens is 412 g/mol. The number of aliphatic carboxylic acids is 1. The van der Waals surface area contributed by atoms with E-state index in [2.05, 4.69) is 5.43 Å². The molecule has 170 valence electrons. The van der Waals surface area contributed by atoms with Gasteiger partial charge in [0.15, 0.2) is 11.5 Å². The molecule has 0 aliphatic rings. The van der Waals surface area contributed by atoms with E-state index in [0.29, 0.717) is 23.7 Å². The van der Waals surface area contributed by atoms with Crippen molar-refractivity contribution in [1.29, 1.82) is 0 Å². The molecule has 9 nitrogen and oxygen atoms in total. The number of ether oxygens (including phenoxy) is 2. The minimum atomic E-state index is -3.47. The third-order valence-corrected chi connectivity index (χ3v) is 5.22. The van der Waals surface area contributed by atoms with Gasteiger partial charge in [-0.3, -0.25) is 9.80 Å². The van der Waals surface area contributed by atoms with Gasteiger partial charge in [-0.1, -0.05) is 19.9 Å². The topological polar surface area (TPSA) is 122 Å². The Hall–Kier alpha value is -2.33. The van der Waals surface area contributed by atoms with Crippen LogP contribution in [0.2, 0.25) is 0 Å². The number of carbonyl (C=O) groups excluding carboxylic acids is 1. The second-order valence-electron chi connectivity index (χ2n) is 7.49. The van der Waals surface area contributed by atoms with E-state index in [1.54, 1.807) is 25.1 Å². The number of carboxylic acid groups (broad SMARTS) is 1. The normalized spacial score (nSPS) is 13.6. The number of hydrogen-bond donors (Lipinski definition) is 2. The highest BCUT2D eigenvalue weighted by Crippen LogP contribution is 2.31. The first-order valence-corrected chi connectivity index (χ1v) is 11.7. The molecule has 0 aliphatic carbocycles. The highest BCUT2D eigenvalue weighted by molar-refractivity contribution is 7.90. The lowest BCUT2D eigenvalue weighted by Gasteiger charge is -2.33. The molecule has 1 aromatic carbocycles. The van der Waals surface area contributed by atoms with Crippen LogP contribution in [0.25, 0.3) is 0 Å². The predicted octanol–water partition coefficient (Wildman–Crippen LogP) is 2.03. The third-order valence-electron chi connectivity index (χ3n) is 4.28. The summed E-state index contributed by atoms with van der Waals surface area (Å²) in [6, 6.07) is 2.90. The highest BCUT2D eigenvalue weighted by atomic mass is 32.2. The van der Waals surface area contributed by atoms with Crippen molar-refractivity contribution in [1.82, 2.24) is 10.4 Å². The monoisotopic (exact) mass is 444 g/mol. The molecule has 10 heteroatoms. The van der Waals surface area contributed by atoms with Crippen LogP contribution in [0.4, 0.5) is 0 Å². The van der Waals surface area contributed by atoms with Crippen molar-refractivity contribution in [3.63, 3.8) is 0 Å². The second kappa shape index (κ2) is 11.2. The van der Waals surface area contributed by atoms with Gasteiger partial charge in [0.2, 0.25) is 5.91 Å². The van der Waals surface area contributed by atoms with Crippen LogP contribution in [-0.4, -0.2) is 62.2 Å². The number of nitrogens with zero attached hydrogens (tertiary/aromatic N) is 1. The van der Waals surface area contributed by atoms with Crippen LogP contribution in [0.1, 0.15) is 45.7 Å². The molecule has 0 spiro atoms. The molecule has 1 amide bonds. The number of sulfone groups is 1. The second-order valence-corrected chi connectivity index (χ2v) is 9.67. The van der Waals surface area contributed by atoms with E-state index in [-0.39, 0.29) is 18.1 Å². The number of hydrazine groups is 1. The summed E-state index contributed by atoms with van der Waals surface area (Å²) in [6.45, 7) is 7.11. The molecule has 0 fully saturated rings. The van der Waals surface area contributed by atoms with Crippen LogP contribution in [0.5, 0.6) is 11.5 Å². The molecule has 0 bridgehead atoms. The summed E-state index contributed by atoms with van der Waals surface area (Å²) >= 11 is 0. The Bertz CT molecular complexity index is 840. The van der Waals surface area contributed by atoms with Crippen LogP contribution in [0, 0.1) is 5.92 Å². The Kier molecular flexibility index (Phi) is 9.57. The van der Waals surface area contributed by atoms with Gasteiger partial charge in [0.25, 0.3) is 0 Å². The van der Waals surface area contributed by atoms with Crippen LogP contribution < -0.4 is 14.9 Å². The van der Waals surface area contributed by atoms with Gasteiger partial charge >= 0.3 is 5.97 Å². The minimum absolute atomic E-state index is 0.00801. The summed E-state index contributed by atoms with van der Waals surface area (Å²) in [5.74, 6) is -1.14. The van der Waals surface area contributed by atoms with Crippen molar-refractivity contribution in [2.45, 2.75) is 46.2 Å². The molecule has 30 heavy (non-hydrogen) atoms. The summed E-state index contributed by atoms with van der Waals surface area (Å²) < 4.78 is 35.0. The molecule has 1 unspecified atom stereocenters. The minimum Gasteiger partial charge on any atom is -0.493 e. The van der Waals surface area contributed by atoms with Gasteiger partial charge in [0.1, 0.15) is 15.9 Å². The average Bonchev–Trinajstić information content (AvgIpc) is 2.62. The maximum absolute atomic E-state index is 12.3. The summed E-state index contributed by atoms with van der Waals surface area (Å²) in [5, 5.41) is 10.7. The lowest BCUT2D eigenvalue weighted by atomic mass is 10.0. The van der Waals surface area contributed by atoms with Gasteiger partial charge < -0.3 is 14.6 Å². The van der Waals surface area contributed by atoms with E-state index in [0.717, 1.165) is 11.3 Å². The van der Waals surface area contributed by atoms with Crippen LogP contribution >= 0.6 is 0 Å². The molecular formula is C20H32N2O7S. The number of amides is 1. The number of carbonyl (C=O) groups is 2. The fourth-order valence-electron chi connectivity index (χ4n) is 3.02. The molecule has 0 radical (unpaired) electrons. The molecule has 1 rings (SSSR count). The predicted molar refractivity (Wildman–Crippen MR) is 113 cm³/mol. The number of carboxylic acids is 1. The molecule has 0 saturated carbocycles. The Morgan fingerprint density at radius 1 is 1.23 bits per heavy atom. The van der Waals surface area contributed by atoms with Gasteiger partial charge in [-0.2, -0.15) is 0 Å². The zero-order chi connectivity index (χ0) is 23.1. The van der Waals surface area contributed by atoms with E-state index in [1.165, 1.54) is 14.0 Å². The SMILES string of the molecule is CCOc1cc(C(CS(C)(=O)=O)NN(C(C)=O)[C@@H](CC(C)C)C(=O)O)ccc1OC. The molecule has 0 aromatic heterocycles. The van der Waals surface area contributed by atoms with Crippen LogP contribution in [0.15, 0.2) is 18.2 Å². The van der Waals surface area contributed by atoms with Gasteiger partial charge in [-0.05, 0) is 37.0 Å². The molecule has 0 saturated heterocycles. The number of hydrogen-bond acceptors (Lipinski definition) is 7. The number of rotatable bonds is 12. The zero-order valence-electron chi connectivity index (χ0n) is 18.3. The third kappa shape index (κ3) is 7.83. The Morgan fingerprint density at radius 2 is 1.87 bits per heavy atom. The molecule has 1 aromatic rings. The molecule has 2 atom stereocenters. The average molecular weight is 445 g/mol. The maximum atomic E-state index is 12.3. The Balaban J connectivity index is 3.41. The maximum Gasteiger partial charge on any atom is 0.328 e. The fraction of sp³-hybridized carbons (Fsp3) is 0.600. The zero-order valence-corrected chi connectivity index (χ0v) is 19.2. The Morgan fingerprint density at radius 3 is 2.30 bits per heavy atom. The lowest BCUT2D eigenvalue weighted by Crippen LogP contribution is -2.54. The van der Waals surface area contributed by atoms with Gasteiger partial charge in [-0.15, -0.1) is 0 Å². The first kappa shape index (κ1) is 25.7. The summed E-state index contributed by atoms with van der Waals surface area (Å²) in [6.07, 6.45) is 1.29. The molecule has 0 aliphatic heterocycles. The molecule has 0 heterocycles. The van der Waals surface area contributed by atoms with Crippen molar-refractivity contribution in [3.8, 4) is 11.5 Å². The van der Waals surface area contributed by atoms with Gasteiger partial charge in [-0.25, -0.2) is 18.6 Å². The van der Waals surface area contributed by atoms with E-state index < -0.39 is 33.8 Å². The first-order chi connectivity index (χ1) is 13.9. The van der Waals surface area contributed by atoms with Crippen molar-refractivity contribution < 1.29 is 32.6 Å². The van der Waals surface area contributed by atoms with Crippen molar-refractivity contribution in [3.05, 3.63) is 23.8 Å². The van der Waals surface area contributed by atoms with Crippen LogP contribution in [-0.2, 0) is 19.4 Å². The lowest BCUT2D eigenvalue weighted by molar-refractivity contribution is -0.153. The summed E-state index contributed by atoms with van der Waals surface area (Å²) in [7, 11) is -1.98. The smallest absolute Gasteiger partial charge is 0.328 e. The standard InChI is InChI=1S/C20H32N2O7S/c1-7-29-19-11-15(8-9-18(19)28-5)16(12-30(6,26)27)21-22(14(4)23)17(20(24)25)10-13(2)3/h8-9,11,13,16-17,21H,7,10,12H2,1-6H3,(H,24,25)/t16?,17-/m0/s1. The quantitative estimate of drug-likeness (QED) is 0.470. The van der Waals surface area contributed by atoms with E-state index in [1.807, 2.05) is 13.8 Å². The van der Waals surface area contributed by atoms with Crippen molar-refractivity contribution >= 4 is 21.7 Å². The van der Waals surface area contributed by atoms with Crippen LogP contribution in [0.3, 0.4) is 0 Å². The highest BCUT2D eigenvalue weighted by Gasteiger charge is 2.32. The van der Waals surface area contributed by atoms with E-state index >= 15 is 0 Å². The number of benzene rings is 1. The number of nitrogens with one attached hydrogen (secondary N) is 1. The number of methoxy groups -OCH3 is 1. The largest absolute Gasteiger partial charge is 0.493 e. The fourth-order valence-corrected chi connectivity index (χ4v) is 3.89. The van der Waals surface area contributed by atoms with Gasteiger partial charge in [0, 0.05) is 13.2 Å². The van der Waals surface area contributed by atoms with Crippen molar-refractivity contribution in [2.24, 2.45) is 5.92 Å². The van der Waals surface area contributed by atoms with E-state index in [9.17, 15) is 23.1 Å². The van der Waals surface area contributed by atoms with E-state index in [4.69, 9.17) is 9.47 Å². The summed E-state index contributed by atoms with van der Waals surface area (Å²) in [5.41, 5.74) is 3.37. The van der Waals surface area contributed by atoms with Crippen molar-refractivity contribution in [2.75, 3.05) is 25.7 Å². The Labute approximate surface area is 178 Å².